The number of fused-ring (bicyclic) bond motifs is 1. The van der Waals surface area contributed by atoms with E-state index in [0.717, 1.165) is 22.9 Å². The summed E-state index contributed by atoms with van der Waals surface area (Å²) < 4.78 is 13.8. The molecule has 4 heteroatoms. The molecule has 2 aromatic carbocycles. The van der Waals surface area contributed by atoms with Crippen molar-refractivity contribution >= 4 is 32.6 Å². The van der Waals surface area contributed by atoms with Gasteiger partial charge in [0.2, 0.25) is 0 Å². The molecule has 1 heterocycles. The molecule has 0 aliphatic rings. The van der Waals surface area contributed by atoms with E-state index in [1.807, 2.05) is 18.2 Å². The van der Waals surface area contributed by atoms with Gasteiger partial charge >= 0.3 is 0 Å². The highest BCUT2D eigenvalue weighted by Gasteiger charge is 2.18. The van der Waals surface area contributed by atoms with Crippen LogP contribution < -0.4 is 0 Å². The highest BCUT2D eigenvalue weighted by molar-refractivity contribution is 9.10. The van der Waals surface area contributed by atoms with E-state index >= 15 is 0 Å². The molecule has 0 bridgehead atoms. The third-order valence-corrected chi connectivity index (χ3v) is 4.43. The summed E-state index contributed by atoms with van der Waals surface area (Å²) in [6, 6.07) is 10.4. The van der Waals surface area contributed by atoms with Crippen molar-refractivity contribution in [1.82, 2.24) is 4.98 Å². The quantitative estimate of drug-likeness (QED) is 0.675. The Morgan fingerprint density at radius 3 is 2.71 bits per heavy atom. The highest BCUT2D eigenvalue weighted by Crippen LogP contribution is 2.28. The Kier molecular flexibility index (Phi) is 3.64. The fourth-order valence-electron chi connectivity index (χ4n) is 2.52. The maximum atomic E-state index is 13.6. The molecule has 3 rings (SSSR count). The average Bonchev–Trinajstić information content (AvgIpc) is 2.93. The summed E-state index contributed by atoms with van der Waals surface area (Å²) in [7, 11) is 0. The van der Waals surface area contributed by atoms with Crippen LogP contribution in [0.1, 0.15) is 28.4 Å². The Balaban J connectivity index is 2.17. The summed E-state index contributed by atoms with van der Waals surface area (Å²) >= 11 is 3.15. The van der Waals surface area contributed by atoms with Gasteiger partial charge in [-0.25, -0.2) is 4.39 Å². The van der Waals surface area contributed by atoms with Gasteiger partial charge < -0.3 is 4.98 Å². The standard InChI is InChI=1S/C17H13BrFNO/c1-2-10-5-3-6-11-13(9-20-16(10)11)17(21)12-7-4-8-14(19)15(12)18/h3-9,20H,2H2,1H3. The van der Waals surface area contributed by atoms with Gasteiger partial charge in [0.25, 0.3) is 0 Å². The van der Waals surface area contributed by atoms with Crippen molar-refractivity contribution in [3.05, 3.63) is 69.6 Å². The van der Waals surface area contributed by atoms with E-state index in [4.69, 9.17) is 0 Å². The topological polar surface area (TPSA) is 32.9 Å². The molecule has 0 fully saturated rings. The lowest BCUT2D eigenvalue weighted by molar-refractivity contribution is 0.103. The van der Waals surface area contributed by atoms with Gasteiger partial charge in [0, 0.05) is 28.2 Å². The fourth-order valence-corrected chi connectivity index (χ4v) is 2.97. The van der Waals surface area contributed by atoms with Crippen LogP contribution in [0.3, 0.4) is 0 Å². The molecule has 0 atom stereocenters. The molecule has 1 N–H and O–H groups in total. The van der Waals surface area contributed by atoms with E-state index in [-0.39, 0.29) is 10.3 Å². The van der Waals surface area contributed by atoms with Gasteiger partial charge in [-0.1, -0.05) is 31.2 Å². The van der Waals surface area contributed by atoms with Crippen LogP contribution in [0.2, 0.25) is 0 Å². The number of aromatic amines is 1. The molecule has 21 heavy (non-hydrogen) atoms. The number of aromatic nitrogens is 1. The Morgan fingerprint density at radius 1 is 1.19 bits per heavy atom. The number of benzene rings is 2. The number of nitrogens with one attached hydrogen (secondary N) is 1. The van der Waals surface area contributed by atoms with E-state index in [2.05, 4.69) is 27.8 Å². The number of para-hydroxylation sites is 1. The molecule has 1 aromatic heterocycles. The first kappa shape index (κ1) is 14.0. The number of ketones is 1. The third-order valence-electron chi connectivity index (χ3n) is 3.62. The van der Waals surface area contributed by atoms with Crippen molar-refractivity contribution in [3.8, 4) is 0 Å². The lowest BCUT2D eigenvalue weighted by Crippen LogP contribution is -2.02. The van der Waals surface area contributed by atoms with Gasteiger partial charge in [0.1, 0.15) is 5.82 Å². The predicted molar refractivity (Wildman–Crippen MR) is 85.2 cm³/mol. The van der Waals surface area contributed by atoms with Gasteiger partial charge in [0.05, 0.1) is 4.47 Å². The van der Waals surface area contributed by atoms with Crippen molar-refractivity contribution in [3.63, 3.8) is 0 Å². The number of H-pyrrole nitrogens is 1. The summed E-state index contributed by atoms with van der Waals surface area (Å²) in [6.07, 6.45) is 2.58. The van der Waals surface area contributed by atoms with Gasteiger partial charge in [-0.2, -0.15) is 0 Å². The van der Waals surface area contributed by atoms with Crippen LogP contribution in [0.4, 0.5) is 4.39 Å². The number of hydrogen-bond donors (Lipinski definition) is 1. The minimum Gasteiger partial charge on any atom is -0.360 e. The second kappa shape index (κ2) is 5.45. The Labute approximate surface area is 130 Å². The molecule has 0 radical (unpaired) electrons. The second-order valence-electron chi connectivity index (χ2n) is 4.83. The molecule has 0 unspecified atom stereocenters. The van der Waals surface area contributed by atoms with Crippen LogP contribution in [-0.2, 0) is 6.42 Å². The van der Waals surface area contributed by atoms with E-state index in [0.29, 0.717) is 11.1 Å². The fraction of sp³-hybridized carbons (Fsp3) is 0.118. The van der Waals surface area contributed by atoms with E-state index in [1.165, 1.54) is 6.07 Å². The van der Waals surface area contributed by atoms with Crippen molar-refractivity contribution in [2.75, 3.05) is 0 Å². The van der Waals surface area contributed by atoms with Crippen LogP contribution in [0.15, 0.2) is 47.1 Å². The number of aryl methyl sites for hydroxylation is 1. The summed E-state index contributed by atoms with van der Waals surface area (Å²) in [5, 5.41) is 0.871. The van der Waals surface area contributed by atoms with Crippen molar-refractivity contribution in [1.29, 1.82) is 0 Å². The lowest BCUT2D eigenvalue weighted by atomic mass is 10.0. The monoisotopic (exact) mass is 345 g/mol. The number of halogens is 2. The molecule has 106 valence electrons. The van der Waals surface area contributed by atoms with Crippen molar-refractivity contribution in [2.24, 2.45) is 0 Å². The minimum atomic E-state index is -0.435. The normalized spacial score (nSPS) is 11.0. The molecule has 0 saturated carbocycles. The van der Waals surface area contributed by atoms with Crippen LogP contribution in [0, 0.1) is 5.82 Å². The average molecular weight is 346 g/mol. The summed E-state index contributed by atoms with van der Waals surface area (Å²) in [5.74, 6) is -0.629. The largest absolute Gasteiger partial charge is 0.360 e. The lowest BCUT2D eigenvalue weighted by Gasteiger charge is -2.04. The molecular weight excluding hydrogens is 333 g/mol. The Hall–Kier alpha value is -1.94. The first-order chi connectivity index (χ1) is 10.1. The van der Waals surface area contributed by atoms with E-state index in [1.54, 1.807) is 18.3 Å². The number of hydrogen-bond acceptors (Lipinski definition) is 1. The van der Waals surface area contributed by atoms with E-state index in [9.17, 15) is 9.18 Å². The smallest absolute Gasteiger partial charge is 0.196 e. The Morgan fingerprint density at radius 2 is 1.95 bits per heavy atom. The number of carbonyl (C=O) groups is 1. The number of carbonyl (C=O) groups excluding carboxylic acids is 1. The summed E-state index contributed by atoms with van der Waals surface area (Å²) in [6.45, 7) is 2.07. The molecule has 0 saturated heterocycles. The van der Waals surface area contributed by atoms with Crippen molar-refractivity contribution in [2.45, 2.75) is 13.3 Å². The zero-order chi connectivity index (χ0) is 15.0. The zero-order valence-electron chi connectivity index (χ0n) is 11.4. The predicted octanol–water partition coefficient (Wildman–Crippen LogP) is 4.86. The second-order valence-corrected chi connectivity index (χ2v) is 5.62. The first-order valence-corrected chi connectivity index (χ1v) is 7.50. The minimum absolute atomic E-state index is 0.194. The van der Waals surface area contributed by atoms with Gasteiger partial charge in [-0.05, 0) is 40.0 Å². The molecule has 0 aliphatic heterocycles. The molecular formula is C17H13BrFNO. The van der Waals surface area contributed by atoms with E-state index < -0.39 is 5.82 Å². The molecule has 2 nitrogen and oxygen atoms in total. The van der Waals surface area contributed by atoms with Crippen molar-refractivity contribution < 1.29 is 9.18 Å². The molecule has 0 aliphatic carbocycles. The maximum absolute atomic E-state index is 13.6. The molecule has 0 spiro atoms. The summed E-state index contributed by atoms with van der Waals surface area (Å²) in [5.41, 5.74) is 3.02. The molecule has 3 aromatic rings. The van der Waals surface area contributed by atoms with Gasteiger partial charge in [-0.15, -0.1) is 0 Å². The SMILES string of the molecule is CCc1cccc2c(C(=O)c3cccc(F)c3Br)c[nH]c12. The van der Waals surface area contributed by atoms with Crippen LogP contribution >= 0.6 is 15.9 Å². The zero-order valence-corrected chi connectivity index (χ0v) is 13.0. The first-order valence-electron chi connectivity index (χ1n) is 6.71. The number of rotatable bonds is 3. The van der Waals surface area contributed by atoms with Gasteiger partial charge in [0.15, 0.2) is 5.78 Å². The maximum Gasteiger partial charge on any atom is 0.196 e. The van der Waals surface area contributed by atoms with Crippen LogP contribution in [-0.4, -0.2) is 10.8 Å². The highest BCUT2D eigenvalue weighted by atomic mass is 79.9. The van der Waals surface area contributed by atoms with Crippen LogP contribution in [0.5, 0.6) is 0 Å². The molecule has 0 amide bonds. The third kappa shape index (κ3) is 2.29. The Bertz CT molecular complexity index is 838. The summed E-state index contributed by atoms with van der Waals surface area (Å²) in [4.78, 5) is 15.8. The van der Waals surface area contributed by atoms with Crippen LogP contribution in [0.25, 0.3) is 10.9 Å². The van der Waals surface area contributed by atoms with Gasteiger partial charge in [-0.3, -0.25) is 4.79 Å².